The fourth-order valence-electron chi connectivity index (χ4n) is 2.27. The minimum atomic E-state index is 0.115. The van der Waals surface area contributed by atoms with Gasteiger partial charge in [0, 0.05) is 4.47 Å². The van der Waals surface area contributed by atoms with E-state index in [1.165, 1.54) is 16.7 Å². The normalized spacial score (nSPS) is 12.1. The average Bonchev–Trinajstić information content (AvgIpc) is 2.49. The van der Waals surface area contributed by atoms with Gasteiger partial charge < -0.3 is 9.47 Å². The summed E-state index contributed by atoms with van der Waals surface area (Å²) in [5, 5.41) is 0. The summed E-state index contributed by atoms with van der Waals surface area (Å²) in [6.45, 7) is 4.17. The highest BCUT2D eigenvalue weighted by Gasteiger charge is 2.17. The molecule has 0 aromatic heterocycles. The number of benzene rings is 2. The highest BCUT2D eigenvalue weighted by Crippen LogP contribution is 2.39. The summed E-state index contributed by atoms with van der Waals surface area (Å²) >= 11 is 7.34. The molecule has 0 aliphatic rings. The number of halogens is 2. The van der Waals surface area contributed by atoms with Crippen molar-refractivity contribution in [1.82, 2.24) is 0 Å². The van der Waals surface area contributed by atoms with Crippen molar-refractivity contribution in [3.8, 4) is 11.5 Å². The first kappa shape index (κ1) is 16.4. The fourth-order valence-corrected chi connectivity index (χ4v) is 3.30. The first-order valence-electron chi connectivity index (χ1n) is 6.60. The molecule has 0 radical (unpaired) electrons. The molecule has 112 valence electrons. The van der Waals surface area contributed by atoms with Crippen LogP contribution in [-0.2, 0) is 0 Å². The van der Waals surface area contributed by atoms with Crippen LogP contribution in [0.25, 0.3) is 0 Å². The standard InChI is InChI=1S/C17H18Br2O2/c1-10-8-15(20-3)16(21-4)9-13(10)17(19)12-5-6-14(18)11(2)7-12/h5-9,17H,1-4H3. The molecule has 0 aliphatic heterocycles. The summed E-state index contributed by atoms with van der Waals surface area (Å²) in [7, 11) is 3.31. The van der Waals surface area contributed by atoms with E-state index >= 15 is 0 Å². The maximum absolute atomic E-state index is 5.41. The largest absolute Gasteiger partial charge is 0.493 e. The number of aryl methyl sites for hydroxylation is 2. The lowest BCUT2D eigenvalue weighted by molar-refractivity contribution is 0.354. The number of rotatable bonds is 4. The van der Waals surface area contributed by atoms with E-state index < -0.39 is 0 Å². The zero-order chi connectivity index (χ0) is 15.6. The number of hydrogen-bond acceptors (Lipinski definition) is 2. The number of alkyl halides is 1. The molecule has 2 aromatic rings. The maximum Gasteiger partial charge on any atom is 0.161 e. The maximum atomic E-state index is 5.41. The SMILES string of the molecule is COc1cc(C)c(C(Br)c2ccc(Br)c(C)c2)cc1OC. The van der Waals surface area contributed by atoms with Crippen LogP contribution in [-0.4, -0.2) is 14.2 Å². The van der Waals surface area contributed by atoms with Crippen molar-refractivity contribution in [2.45, 2.75) is 18.7 Å². The van der Waals surface area contributed by atoms with Crippen LogP contribution in [0.5, 0.6) is 11.5 Å². The Bertz CT molecular complexity index is 653. The van der Waals surface area contributed by atoms with E-state index in [0.717, 1.165) is 21.5 Å². The molecule has 4 heteroatoms. The molecular formula is C17H18Br2O2. The van der Waals surface area contributed by atoms with Gasteiger partial charge in [0.25, 0.3) is 0 Å². The Kier molecular flexibility index (Phi) is 5.33. The highest BCUT2D eigenvalue weighted by atomic mass is 79.9. The van der Waals surface area contributed by atoms with Gasteiger partial charge in [-0.05, 0) is 54.3 Å². The molecule has 2 aromatic carbocycles. The summed E-state index contributed by atoms with van der Waals surface area (Å²) in [5.74, 6) is 1.50. The van der Waals surface area contributed by atoms with Gasteiger partial charge >= 0.3 is 0 Å². The molecule has 0 N–H and O–H groups in total. The van der Waals surface area contributed by atoms with Crippen LogP contribution in [0.15, 0.2) is 34.8 Å². The van der Waals surface area contributed by atoms with Gasteiger partial charge in [-0.25, -0.2) is 0 Å². The Morgan fingerprint density at radius 2 is 1.52 bits per heavy atom. The van der Waals surface area contributed by atoms with E-state index in [1.807, 2.05) is 12.1 Å². The summed E-state index contributed by atoms with van der Waals surface area (Å²) in [6, 6.07) is 10.4. The van der Waals surface area contributed by atoms with Crippen molar-refractivity contribution in [1.29, 1.82) is 0 Å². The van der Waals surface area contributed by atoms with Crippen LogP contribution >= 0.6 is 31.9 Å². The Morgan fingerprint density at radius 1 is 0.905 bits per heavy atom. The average molecular weight is 414 g/mol. The topological polar surface area (TPSA) is 18.5 Å². The number of ether oxygens (including phenoxy) is 2. The molecule has 1 unspecified atom stereocenters. The van der Waals surface area contributed by atoms with E-state index in [1.54, 1.807) is 14.2 Å². The van der Waals surface area contributed by atoms with Crippen LogP contribution in [0.2, 0.25) is 0 Å². The Morgan fingerprint density at radius 3 is 2.10 bits per heavy atom. The van der Waals surface area contributed by atoms with Crippen molar-refractivity contribution in [3.05, 3.63) is 57.1 Å². The molecular weight excluding hydrogens is 396 g/mol. The number of hydrogen-bond donors (Lipinski definition) is 0. The molecule has 2 rings (SSSR count). The van der Waals surface area contributed by atoms with Crippen molar-refractivity contribution in [2.24, 2.45) is 0 Å². The van der Waals surface area contributed by atoms with Gasteiger partial charge in [-0.1, -0.05) is 44.0 Å². The smallest absolute Gasteiger partial charge is 0.161 e. The Balaban J connectivity index is 2.47. The molecule has 2 nitrogen and oxygen atoms in total. The predicted molar refractivity (Wildman–Crippen MR) is 93.9 cm³/mol. The molecule has 0 bridgehead atoms. The second-order valence-electron chi connectivity index (χ2n) is 4.93. The van der Waals surface area contributed by atoms with Gasteiger partial charge in [0.1, 0.15) is 0 Å². The van der Waals surface area contributed by atoms with E-state index in [2.05, 4.69) is 63.9 Å². The molecule has 21 heavy (non-hydrogen) atoms. The van der Waals surface area contributed by atoms with Crippen LogP contribution in [0, 0.1) is 13.8 Å². The van der Waals surface area contributed by atoms with Crippen LogP contribution in [0.1, 0.15) is 27.1 Å². The third kappa shape index (κ3) is 3.43. The van der Waals surface area contributed by atoms with Crippen molar-refractivity contribution >= 4 is 31.9 Å². The van der Waals surface area contributed by atoms with Crippen molar-refractivity contribution in [3.63, 3.8) is 0 Å². The lowest BCUT2D eigenvalue weighted by Gasteiger charge is -2.18. The lowest BCUT2D eigenvalue weighted by Crippen LogP contribution is -2.00. The lowest BCUT2D eigenvalue weighted by atomic mass is 9.98. The minimum absolute atomic E-state index is 0.115. The van der Waals surface area contributed by atoms with Gasteiger partial charge in [-0.15, -0.1) is 0 Å². The van der Waals surface area contributed by atoms with Gasteiger partial charge in [-0.2, -0.15) is 0 Å². The quantitative estimate of drug-likeness (QED) is 0.610. The number of methoxy groups -OCH3 is 2. The second kappa shape index (κ2) is 6.84. The Labute approximate surface area is 142 Å². The molecule has 0 spiro atoms. The van der Waals surface area contributed by atoms with Crippen LogP contribution in [0.3, 0.4) is 0 Å². The highest BCUT2D eigenvalue weighted by molar-refractivity contribution is 9.10. The van der Waals surface area contributed by atoms with E-state index in [0.29, 0.717) is 0 Å². The van der Waals surface area contributed by atoms with Crippen molar-refractivity contribution in [2.75, 3.05) is 14.2 Å². The molecule has 0 saturated carbocycles. The minimum Gasteiger partial charge on any atom is -0.493 e. The van der Waals surface area contributed by atoms with E-state index in [9.17, 15) is 0 Å². The zero-order valence-corrected chi connectivity index (χ0v) is 15.7. The molecule has 0 saturated heterocycles. The summed E-state index contributed by atoms with van der Waals surface area (Å²) in [6.07, 6.45) is 0. The van der Waals surface area contributed by atoms with Crippen LogP contribution in [0.4, 0.5) is 0 Å². The first-order chi connectivity index (χ1) is 9.97. The van der Waals surface area contributed by atoms with E-state index in [-0.39, 0.29) is 4.83 Å². The summed E-state index contributed by atoms with van der Waals surface area (Å²) in [5.41, 5.74) is 4.77. The molecule has 0 aliphatic carbocycles. The molecule has 1 atom stereocenters. The Hall–Kier alpha value is -1.00. The van der Waals surface area contributed by atoms with Crippen molar-refractivity contribution < 1.29 is 9.47 Å². The van der Waals surface area contributed by atoms with Gasteiger partial charge in [0.05, 0.1) is 19.0 Å². The fraction of sp³-hybridized carbons (Fsp3) is 0.294. The van der Waals surface area contributed by atoms with Gasteiger partial charge in [0.15, 0.2) is 11.5 Å². The predicted octanol–water partition coefficient (Wildman–Crippen LogP) is 5.57. The third-order valence-corrected chi connectivity index (χ3v) is 5.43. The van der Waals surface area contributed by atoms with Gasteiger partial charge in [-0.3, -0.25) is 0 Å². The third-order valence-electron chi connectivity index (χ3n) is 3.52. The zero-order valence-electron chi connectivity index (χ0n) is 12.5. The van der Waals surface area contributed by atoms with Crippen LogP contribution < -0.4 is 9.47 Å². The second-order valence-corrected chi connectivity index (χ2v) is 6.70. The first-order valence-corrected chi connectivity index (χ1v) is 8.31. The summed E-state index contributed by atoms with van der Waals surface area (Å²) in [4.78, 5) is 0.115. The van der Waals surface area contributed by atoms with Gasteiger partial charge in [0.2, 0.25) is 0 Å². The molecule has 0 heterocycles. The molecule has 0 amide bonds. The summed E-state index contributed by atoms with van der Waals surface area (Å²) < 4.78 is 11.9. The molecule has 0 fully saturated rings. The van der Waals surface area contributed by atoms with E-state index in [4.69, 9.17) is 9.47 Å². The monoisotopic (exact) mass is 412 g/mol.